The van der Waals surface area contributed by atoms with Gasteiger partial charge in [-0.15, -0.1) is 11.3 Å². The zero-order valence-corrected chi connectivity index (χ0v) is 13.5. The predicted octanol–water partition coefficient (Wildman–Crippen LogP) is 3.65. The Morgan fingerprint density at radius 2 is 2.13 bits per heavy atom. The van der Waals surface area contributed by atoms with Crippen LogP contribution in [0.3, 0.4) is 0 Å². The number of aromatic amines is 1. The number of hydrogen-bond acceptors (Lipinski definition) is 5. The van der Waals surface area contributed by atoms with E-state index < -0.39 is 11.4 Å². The lowest BCUT2D eigenvalue weighted by atomic mass is 10.2. The molecule has 0 fully saturated rings. The Bertz CT molecular complexity index is 1010. The van der Waals surface area contributed by atoms with Gasteiger partial charge in [-0.05, 0) is 36.8 Å². The van der Waals surface area contributed by atoms with Crippen molar-refractivity contribution >= 4 is 39.9 Å². The number of aromatic nitrogens is 2. The van der Waals surface area contributed by atoms with Crippen LogP contribution in [0.15, 0.2) is 35.1 Å². The van der Waals surface area contributed by atoms with E-state index in [2.05, 4.69) is 9.97 Å². The highest BCUT2D eigenvalue weighted by Gasteiger charge is 2.09. The summed E-state index contributed by atoms with van der Waals surface area (Å²) >= 11 is 6.43. The largest absolute Gasteiger partial charge is 0.356 e. The molecule has 0 radical (unpaired) electrons. The van der Waals surface area contributed by atoms with Crippen LogP contribution in [0.5, 0.6) is 0 Å². The second-order valence-corrected chi connectivity index (χ2v) is 6.43. The van der Waals surface area contributed by atoms with E-state index in [4.69, 9.17) is 12.2 Å². The average Bonchev–Trinajstić information content (AvgIpc) is 2.52. The molecule has 1 N–H and O–H groups in total. The highest BCUT2D eigenvalue weighted by Crippen LogP contribution is 2.25. The van der Waals surface area contributed by atoms with Gasteiger partial charge in [0, 0.05) is 21.3 Å². The summed E-state index contributed by atoms with van der Waals surface area (Å²) < 4.78 is 14.5. The molecular formula is C16H11FN2O2S2. The van der Waals surface area contributed by atoms with Crippen molar-refractivity contribution in [2.45, 2.75) is 12.8 Å². The molecule has 0 spiro atoms. The molecule has 116 valence electrons. The molecule has 0 saturated carbocycles. The van der Waals surface area contributed by atoms with E-state index in [0.29, 0.717) is 38.1 Å². The molecule has 2 heterocycles. The van der Waals surface area contributed by atoms with Crippen LogP contribution in [0.25, 0.3) is 20.8 Å². The van der Waals surface area contributed by atoms with Crippen LogP contribution in [0.4, 0.5) is 4.39 Å². The second-order valence-electron chi connectivity index (χ2n) is 4.92. The van der Waals surface area contributed by atoms with E-state index in [-0.39, 0.29) is 0 Å². The third-order valence-electron chi connectivity index (χ3n) is 3.24. The van der Waals surface area contributed by atoms with Gasteiger partial charge in [0.15, 0.2) is 0 Å². The summed E-state index contributed by atoms with van der Waals surface area (Å²) in [6.07, 6.45) is 1.73. The second kappa shape index (κ2) is 6.47. The topological polar surface area (TPSA) is 62.8 Å². The number of halogens is 1. The van der Waals surface area contributed by atoms with Crippen molar-refractivity contribution in [1.29, 1.82) is 0 Å². The van der Waals surface area contributed by atoms with E-state index >= 15 is 0 Å². The summed E-state index contributed by atoms with van der Waals surface area (Å²) in [7, 11) is 0. The Labute approximate surface area is 139 Å². The number of nitrogens with zero attached hydrogens (tertiary/aromatic N) is 1. The summed E-state index contributed by atoms with van der Waals surface area (Å²) in [6.45, 7) is 0. The monoisotopic (exact) mass is 346 g/mol. The third-order valence-corrected chi connectivity index (χ3v) is 4.54. The van der Waals surface area contributed by atoms with Gasteiger partial charge in [0.25, 0.3) is 5.56 Å². The van der Waals surface area contributed by atoms with Gasteiger partial charge in [0.05, 0.1) is 11.1 Å². The number of aldehydes is 1. The number of fused-ring (bicyclic) bond motifs is 1. The van der Waals surface area contributed by atoms with Crippen LogP contribution in [-0.4, -0.2) is 16.3 Å². The number of benzene rings is 1. The Kier molecular flexibility index (Phi) is 4.40. The molecule has 2 aromatic heterocycles. The molecule has 7 heteroatoms. The summed E-state index contributed by atoms with van der Waals surface area (Å²) in [4.78, 5) is 29.8. The lowest BCUT2D eigenvalue weighted by molar-refractivity contribution is -0.107. The molecule has 1 aromatic carbocycles. The van der Waals surface area contributed by atoms with Crippen molar-refractivity contribution in [1.82, 2.24) is 9.97 Å². The predicted molar refractivity (Wildman–Crippen MR) is 90.9 cm³/mol. The number of nitrogens with one attached hydrogen (secondary N) is 1. The highest BCUT2D eigenvalue weighted by atomic mass is 32.1. The van der Waals surface area contributed by atoms with Gasteiger partial charge in [0.2, 0.25) is 0 Å². The number of carbonyl (C=O) groups excluding carboxylic acids is 1. The first-order chi connectivity index (χ1) is 11.1. The number of rotatable bonds is 4. The number of pyridine rings is 1. The first kappa shape index (κ1) is 15.6. The standard InChI is InChI=1S/C16H11FN2O2S2/c17-9-3-4-12-14(6-9)23-16(19-15(12)21)13-8-11(22)7-10(18-13)2-1-5-20/h3-8H,1-2H2,(H,18,22). The molecule has 0 atom stereocenters. The Balaban J connectivity index is 2.16. The molecule has 3 rings (SSSR count). The Morgan fingerprint density at radius 3 is 2.91 bits per heavy atom. The van der Waals surface area contributed by atoms with E-state index in [1.165, 1.54) is 29.5 Å². The van der Waals surface area contributed by atoms with Crippen molar-refractivity contribution in [2.24, 2.45) is 0 Å². The van der Waals surface area contributed by atoms with Crippen LogP contribution in [-0.2, 0) is 11.2 Å². The van der Waals surface area contributed by atoms with Gasteiger partial charge in [-0.3, -0.25) is 4.79 Å². The first-order valence-electron chi connectivity index (χ1n) is 6.84. The normalized spacial score (nSPS) is 10.8. The Morgan fingerprint density at radius 1 is 1.30 bits per heavy atom. The number of carbonyl (C=O) groups is 1. The van der Waals surface area contributed by atoms with Crippen LogP contribution < -0.4 is 5.56 Å². The summed E-state index contributed by atoms with van der Waals surface area (Å²) in [5, 5.41) is 0.822. The molecule has 0 aliphatic carbocycles. The summed E-state index contributed by atoms with van der Waals surface area (Å²) in [5.74, 6) is -0.405. The van der Waals surface area contributed by atoms with Gasteiger partial charge < -0.3 is 9.78 Å². The molecular weight excluding hydrogens is 335 g/mol. The first-order valence-corrected chi connectivity index (χ1v) is 8.07. The molecule has 0 bridgehead atoms. The van der Waals surface area contributed by atoms with Crippen molar-refractivity contribution < 1.29 is 9.18 Å². The van der Waals surface area contributed by atoms with Gasteiger partial charge in [0.1, 0.15) is 17.1 Å². The van der Waals surface area contributed by atoms with Crippen molar-refractivity contribution in [2.75, 3.05) is 0 Å². The minimum Gasteiger partial charge on any atom is -0.356 e. The van der Waals surface area contributed by atoms with Crippen molar-refractivity contribution in [3.05, 3.63) is 56.7 Å². The summed E-state index contributed by atoms with van der Waals surface area (Å²) in [6, 6.07) is 7.46. The van der Waals surface area contributed by atoms with Gasteiger partial charge in [-0.25, -0.2) is 4.39 Å². The van der Waals surface area contributed by atoms with Crippen molar-refractivity contribution in [3.63, 3.8) is 0 Å². The fourth-order valence-electron chi connectivity index (χ4n) is 2.22. The van der Waals surface area contributed by atoms with E-state index in [1.54, 1.807) is 12.1 Å². The number of hydrogen-bond donors (Lipinski definition) is 1. The maximum absolute atomic E-state index is 13.4. The Hall–Kier alpha value is -2.25. The van der Waals surface area contributed by atoms with Crippen LogP contribution in [0.1, 0.15) is 12.1 Å². The fraction of sp³-hybridized carbons (Fsp3) is 0.125. The summed E-state index contributed by atoms with van der Waals surface area (Å²) in [5.41, 5.74) is 0.971. The van der Waals surface area contributed by atoms with Crippen LogP contribution >= 0.6 is 23.6 Å². The molecule has 0 aliphatic heterocycles. The zero-order valence-electron chi connectivity index (χ0n) is 11.8. The molecule has 0 amide bonds. The lowest BCUT2D eigenvalue weighted by Crippen LogP contribution is -2.07. The van der Waals surface area contributed by atoms with Crippen LogP contribution in [0.2, 0.25) is 0 Å². The quantitative estimate of drug-likeness (QED) is 0.578. The average molecular weight is 346 g/mol. The van der Waals surface area contributed by atoms with Gasteiger partial charge in [-0.2, -0.15) is 4.98 Å². The lowest BCUT2D eigenvalue weighted by Gasteiger charge is -2.05. The molecule has 3 aromatic rings. The molecule has 0 aliphatic rings. The van der Waals surface area contributed by atoms with E-state index in [9.17, 15) is 14.0 Å². The minimum absolute atomic E-state index is 0.376. The molecule has 23 heavy (non-hydrogen) atoms. The molecule has 0 unspecified atom stereocenters. The SMILES string of the molecule is O=CCCc1cc(=S)cc(-c2nc(=O)c3ccc(F)cc3s2)[nH]1. The minimum atomic E-state index is -0.411. The maximum atomic E-state index is 13.4. The fourth-order valence-corrected chi connectivity index (χ4v) is 3.47. The number of H-pyrrole nitrogens is 1. The third kappa shape index (κ3) is 3.40. The van der Waals surface area contributed by atoms with Gasteiger partial charge >= 0.3 is 0 Å². The van der Waals surface area contributed by atoms with Gasteiger partial charge in [-0.1, -0.05) is 12.2 Å². The number of aryl methyl sites for hydroxylation is 1. The zero-order chi connectivity index (χ0) is 16.4. The molecule has 0 saturated heterocycles. The van der Waals surface area contributed by atoms with E-state index in [0.717, 1.165) is 12.0 Å². The van der Waals surface area contributed by atoms with E-state index in [1.807, 2.05) is 0 Å². The van der Waals surface area contributed by atoms with Crippen LogP contribution in [0, 0.1) is 10.3 Å². The van der Waals surface area contributed by atoms with Crippen molar-refractivity contribution in [3.8, 4) is 10.7 Å². The highest BCUT2D eigenvalue weighted by molar-refractivity contribution is 7.71. The molecule has 4 nitrogen and oxygen atoms in total. The maximum Gasteiger partial charge on any atom is 0.279 e. The smallest absolute Gasteiger partial charge is 0.279 e.